The van der Waals surface area contributed by atoms with Crippen LogP contribution >= 0.6 is 0 Å². The van der Waals surface area contributed by atoms with E-state index in [1.165, 1.54) is 38.5 Å². The molecule has 0 atom stereocenters. The van der Waals surface area contributed by atoms with Crippen molar-refractivity contribution in [2.24, 2.45) is 11.3 Å². The van der Waals surface area contributed by atoms with Gasteiger partial charge in [0, 0.05) is 16.7 Å². The highest BCUT2D eigenvalue weighted by Crippen LogP contribution is 2.41. The molecule has 59 heavy (non-hydrogen) atoms. The topological polar surface area (TPSA) is 102 Å². The van der Waals surface area contributed by atoms with Crippen molar-refractivity contribution in [2.75, 3.05) is 33.0 Å². The van der Waals surface area contributed by atoms with Crippen LogP contribution in [0.5, 0.6) is 5.75 Å². The Morgan fingerprint density at radius 3 is 1.83 bits per heavy atom. The summed E-state index contributed by atoms with van der Waals surface area (Å²) < 4.78 is 33.4. The van der Waals surface area contributed by atoms with Crippen LogP contribution in [0.1, 0.15) is 133 Å². The predicted molar refractivity (Wildman–Crippen MR) is 236 cm³/mol. The van der Waals surface area contributed by atoms with E-state index in [-0.39, 0.29) is 38.9 Å². The lowest BCUT2D eigenvalue weighted by atomic mass is 9.77. The van der Waals surface area contributed by atoms with E-state index in [9.17, 15) is 19.8 Å². The normalized spacial score (nSPS) is 15.5. The number of aliphatic hydroxyl groups excluding tert-OH is 2. The highest BCUT2D eigenvalue weighted by atomic mass is 19.1. The van der Waals surface area contributed by atoms with Crippen molar-refractivity contribution in [3.05, 3.63) is 101 Å². The molecule has 0 aliphatic heterocycles. The Kier molecular flexibility index (Phi) is 18.9. The number of hydrogen-bond donors (Lipinski definition) is 2. The summed E-state index contributed by atoms with van der Waals surface area (Å²) >= 11 is 0. The van der Waals surface area contributed by atoms with Gasteiger partial charge in [-0.15, -0.1) is 0 Å². The van der Waals surface area contributed by atoms with Crippen LogP contribution in [0.15, 0.2) is 72.8 Å². The second kappa shape index (κ2) is 23.5. The summed E-state index contributed by atoms with van der Waals surface area (Å²) in [5, 5.41) is 20.5. The van der Waals surface area contributed by atoms with Crippen LogP contribution in [0.4, 0.5) is 4.39 Å². The molecule has 1 saturated carbocycles. The summed E-state index contributed by atoms with van der Waals surface area (Å²) in [6.45, 7) is 16.8. The van der Waals surface area contributed by atoms with Crippen molar-refractivity contribution in [3.63, 3.8) is 0 Å². The standard InChI is InChI=1S/C51H69FO7/c1-8-11-12-15-37-18-20-39(21-19-37)40-22-25-46(47(52)31-40)41-23-24-45(38(9-2)28-41)44-29-42(16-13-26-57-49(55)35(4)5)48(59-34-51(10-3,32-53)33-54)43(30-44)17-14-27-58-50(56)36(6)7/h22-25,28-31,37,39,53-54H,4,6,8-21,26-27,32-34H2,1-3,5,7H3. The fourth-order valence-corrected chi connectivity index (χ4v) is 8.08. The Labute approximate surface area is 353 Å². The number of carbonyl (C=O) groups excluding carboxylic acids is 2. The molecule has 7 nitrogen and oxygen atoms in total. The summed E-state index contributed by atoms with van der Waals surface area (Å²) in [7, 11) is 0. The molecule has 0 unspecified atom stereocenters. The number of hydrogen-bond acceptors (Lipinski definition) is 7. The maximum Gasteiger partial charge on any atom is 0.333 e. The van der Waals surface area contributed by atoms with Crippen LogP contribution in [-0.2, 0) is 38.3 Å². The first-order valence-corrected chi connectivity index (χ1v) is 22.0. The van der Waals surface area contributed by atoms with Gasteiger partial charge in [0.1, 0.15) is 11.6 Å². The number of ether oxygens (including phenoxy) is 3. The molecule has 1 fully saturated rings. The minimum atomic E-state index is -0.840. The molecule has 322 valence electrons. The molecule has 3 aromatic carbocycles. The molecule has 0 radical (unpaired) electrons. The van der Waals surface area contributed by atoms with Crippen molar-refractivity contribution in [1.82, 2.24) is 0 Å². The Bertz CT molecular complexity index is 1800. The summed E-state index contributed by atoms with van der Waals surface area (Å²) in [6, 6.07) is 16.2. The van der Waals surface area contributed by atoms with Crippen molar-refractivity contribution < 1.29 is 38.4 Å². The van der Waals surface area contributed by atoms with Gasteiger partial charge < -0.3 is 24.4 Å². The number of rotatable bonds is 24. The largest absolute Gasteiger partial charge is 0.492 e. The zero-order chi connectivity index (χ0) is 43.0. The Hall–Kier alpha value is -4.27. The van der Waals surface area contributed by atoms with Crippen LogP contribution in [0, 0.1) is 17.2 Å². The molecule has 0 amide bonds. The van der Waals surface area contributed by atoms with Gasteiger partial charge in [-0.25, -0.2) is 14.0 Å². The third-order valence-corrected chi connectivity index (χ3v) is 12.2. The number of aryl methyl sites for hydroxylation is 3. The molecule has 3 aromatic rings. The molecule has 2 N–H and O–H groups in total. The minimum Gasteiger partial charge on any atom is -0.492 e. The van der Waals surface area contributed by atoms with Crippen molar-refractivity contribution in [3.8, 4) is 28.0 Å². The van der Waals surface area contributed by atoms with E-state index < -0.39 is 17.4 Å². The molecule has 1 aliphatic carbocycles. The maximum atomic E-state index is 16.0. The molecule has 0 aromatic heterocycles. The average molecular weight is 813 g/mol. The minimum absolute atomic E-state index is 0.0880. The number of esters is 2. The molecule has 0 spiro atoms. The van der Waals surface area contributed by atoms with Crippen LogP contribution in [-0.4, -0.2) is 55.2 Å². The van der Waals surface area contributed by atoms with Crippen LogP contribution in [0.3, 0.4) is 0 Å². The first-order valence-electron chi connectivity index (χ1n) is 22.0. The number of carbonyl (C=O) groups is 2. The van der Waals surface area contributed by atoms with Gasteiger partial charge in [-0.3, -0.25) is 0 Å². The van der Waals surface area contributed by atoms with Gasteiger partial charge in [-0.2, -0.15) is 0 Å². The molecule has 0 heterocycles. The van der Waals surface area contributed by atoms with Crippen LogP contribution in [0.2, 0.25) is 0 Å². The van der Waals surface area contributed by atoms with Gasteiger partial charge in [0.05, 0.1) is 38.4 Å². The van der Waals surface area contributed by atoms with E-state index in [0.29, 0.717) is 66.9 Å². The molecule has 0 bridgehead atoms. The van der Waals surface area contributed by atoms with E-state index in [2.05, 4.69) is 57.3 Å². The molecule has 8 heteroatoms. The van der Waals surface area contributed by atoms with Gasteiger partial charge in [0.25, 0.3) is 0 Å². The van der Waals surface area contributed by atoms with Crippen molar-refractivity contribution in [1.29, 1.82) is 0 Å². The first kappa shape index (κ1) is 47.4. The second-order valence-electron chi connectivity index (χ2n) is 16.8. The fourth-order valence-electron chi connectivity index (χ4n) is 8.08. The fraction of sp³-hybridized carbons (Fsp3) is 0.529. The zero-order valence-corrected chi connectivity index (χ0v) is 36.4. The van der Waals surface area contributed by atoms with Crippen LogP contribution in [0.25, 0.3) is 22.3 Å². The van der Waals surface area contributed by atoms with Gasteiger partial charge in [0.15, 0.2) is 0 Å². The van der Waals surface area contributed by atoms with Gasteiger partial charge in [-0.05, 0) is 147 Å². The van der Waals surface area contributed by atoms with E-state index in [1.54, 1.807) is 19.9 Å². The lowest BCUT2D eigenvalue weighted by molar-refractivity contribution is -0.139. The smallest absolute Gasteiger partial charge is 0.333 e. The van der Waals surface area contributed by atoms with Crippen molar-refractivity contribution in [2.45, 2.75) is 130 Å². The summed E-state index contributed by atoms with van der Waals surface area (Å²) in [5.41, 5.74) is 7.13. The lowest BCUT2D eigenvalue weighted by Gasteiger charge is -2.29. The second-order valence-corrected chi connectivity index (χ2v) is 16.8. The number of aliphatic hydroxyl groups is 2. The monoisotopic (exact) mass is 813 g/mol. The van der Waals surface area contributed by atoms with E-state index >= 15 is 4.39 Å². The van der Waals surface area contributed by atoms with Crippen LogP contribution < -0.4 is 4.74 Å². The Morgan fingerprint density at radius 1 is 0.746 bits per heavy atom. The quantitative estimate of drug-likeness (QED) is 0.0527. The SMILES string of the molecule is C=C(C)C(=O)OCCCc1cc(-c2ccc(-c3ccc(C4CCC(CCCCC)CC4)cc3F)cc2CC)cc(CCCOC(=O)C(=C)C)c1OCC(CC)(CO)CO. The Balaban J connectivity index is 1.68. The average Bonchev–Trinajstić information content (AvgIpc) is 3.24. The summed E-state index contributed by atoms with van der Waals surface area (Å²) in [5.74, 6) is 0.761. The number of unbranched alkanes of at least 4 members (excludes halogenated alkanes) is 2. The number of benzene rings is 3. The van der Waals surface area contributed by atoms with Gasteiger partial charge in [0.2, 0.25) is 0 Å². The predicted octanol–water partition coefficient (Wildman–Crippen LogP) is 11.4. The van der Waals surface area contributed by atoms with E-state index in [1.807, 2.05) is 19.1 Å². The third kappa shape index (κ3) is 13.4. The van der Waals surface area contributed by atoms with Gasteiger partial charge >= 0.3 is 11.9 Å². The molecule has 1 aliphatic rings. The molecular weight excluding hydrogens is 744 g/mol. The van der Waals surface area contributed by atoms with E-state index in [0.717, 1.165) is 57.7 Å². The van der Waals surface area contributed by atoms with Crippen molar-refractivity contribution >= 4 is 11.9 Å². The number of halogens is 1. The highest BCUT2D eigenvalue weighted by molar-refractivity contribution is 5.87. The third-order valence-electron chi connectivity index (χ3n) is 12.2. The summed E-state index contributed by atoms with van der Waals surface area (Å²) in [6.07, 6.45) is 13.2. The lowest BCUT2D eigenvalue weighted by Crippen LogP contribution is -2.36. The molecule has 0 saturated heterocycles. The maximum absolute atomic E-state index is 16.0. The summed E-state index contributed by atoms with van der Waals surface area (Å²) in [4.78, 5) is 24.3. The first-order chi connectivity index (χ1) is 28.4. The molecule has 4 rings (SSSR count). The van der Waals surface area contributed by atoms with Gasteiger partial charge in [-0.1, -0.05) is 89.9 Å². The molecular formula is C51H69FO7. The highest BCUT2D eigenvalue weighted by Gasteiger charge is 2.29. The zero-order valence-electron chi connectivity index (χ0n) is 36.4. The van der Waals surface area contributed by atoms with E-state index in [4.69, 9.17) is 14.2 Å². The Morgan fingerprint density at radius 2 is 1.32 bits per heavy atom.